The fourth-order valence-electron chi connectivity index (χ4n) is 2.51. The molecule has 0 unspecified atom stereocenters. The van der Waals surface area contributed by atoms with Crippen LogP contribution in [-0.4, -0.2) is 36.4 Å². The summed E-state index contributed by atoms with van der Waals surface area (Å²) in [4.78, 5) is 7.62. The first-order chi connectivity index (χ1) is 13.0. The lowest BCUT2D eigenvalue weighted by atomic mass is 9.80. The van der Waals surface area contributed by atoms with Crippen molar-refractivity contribution in [3.63, 3.8) is 0 Å². The molecular weight excluding hydrogens is 370 g/mol. The summed E-state index contributed by atoms with van der Waals surface area (Å²) in [6, 6.07) is 6.62. The Bertz CT molecular complexity index is 872. The SMILES string of the molecule is [C-]#[N+]c1cc(Cl)c(Oc2ccc3c(c2)COB3O)nc1OCCOC(C)C. The van der Waals surface area contributed by atoms with E-state index in [1.165, 1.54) is 6.07 Å². The molecule has 1 aliphatic rings. The van der Waals surface area contributed by atoms with Gasteiger partial charge in [0.2, 0.25) is 17.4 Å². The number of hydrogen-bond acceptors (Lipinski definition) is 6. The van der Waals surface area contributed by atoms with E-state index in [4.69, 9.17) is 37.0 Å². The van der Waals surface area contributed by atoms with Crippen LogP contribution in [0.1, 0.15) is 19.4 Å². The maximum absolute atomic E-state index is 9.69. The third-order valence-electron chi connectivity index (χ3n) is 3.78. The van der Waals surface area contributed by atoms with Gasteiger partial charge in [0.15, 0.2) is 0 Å². The molecule has 0 spiro atoms. The number of hydrogen-bond donors (Lipinski definition) is 1. The molecule has 1 aliphatic heterocycles. The summed E-state index contributed by atoms with van der Waals surface area (Å²) in [6.07, 6.45) is 0.0910. The quantitative estimate of drug-likeness (QED) is 0.446. The minimum atomic E-state index is -0.915. The number of aromatic nitrogens is 1. The number of halogens is 1. The Labute approximate surface area is 162 Å². The molecule has 0 aliphatic carbocycles. The Hall–Kier alpha value is -2.31. The average molecular weight is 389 g/mol. The summed E-state index contributed by atoms with van der Waals surface area (Å²) in [5.74, 6) is 0.755. The molecule has 3 rings (SSSR count). The Morgan fingerprint density at radius 1 is 1.33 bits per heavy atom. The van der Waals surface area contributed by atoms with E-state index in [0.29, 0.717) is 24.4 Å². The van der Waals surface area contributed by atoms with Crippen molar-refractivity contribution in [1.82, 2.24) is 4.98 Å². The van der Waals surface area contributed by atoms with Crippen LogP contribution in [0.4, 0.5) is 5.69 Å². The first-order valence-corrected chi connectivity index (χ1v) is 8.78. The van der Waals surface area contributed by atoms with Gasteiger partial charge in [0, 0.05) is 0 Å². The van der Waals surface area contributed by atoms with E-state index in [-0.39, 0.29) is 35.2 Å². The third kappa shape index (κ3) is 4.70. The van der Waals surface area contributed by atoms with Gasteiger partial charge in [-0.25, -0.2) is 4.85 Å². The van der Waals surface area contributed by atoms with Crippen LogP contribution in [0, 0.1) is 6.57 Å². The molecule has 9 heteroatoms. The Kier molecular flexibility index (Phi) is 6.19. The standard InChI is InChI=1S/C18H18BClN2O5/c1-11(2)24-6-7-25-18-16(21-3)9-15(20)17(22-18)27-13-4-5-14-12(8-13)10-26-19(14)23/h4-5,8-9,11,23H,6-7,10H2,1-2H3. The van der Waals surface area contributed by atoms with Crippen molar-refractivity contribution < 1.29 is 23.9 Å². The summed E-state index contributed by atoms with van der Waals surface area (Å²) < 4.78 is 21.9. The molecule has 2 heterocycles. The molecule has 1 aromatic carbocycles. The maximum Gasteiger partial charge on any atom is 0.491 e. The highest BCUT2D eigenvalue weighted by Crippen LogP contribution is 2.36. The normalized spacial score (nSPS) is 12.8. The predicted molar refractivity (Wildman–Crippen MR) is 101 cm³/mol. The van der Waals surface area contributed by atoms with Gasteiger partial charge in [-0.15, -0.1) is 0 Å². The fraction of sp³-hybridized carbons (Fsp3) is 0.333. The number of pyridine rings is 1. The highest BCUT2D eigenvalue weighted by Gasteiger charge is 2.27. The largest absolute Gasteiger partial charge is 0.491 e. The molecule has 0 bridgehead atoms. The monoisotopic (exact) mass is 388 g/mol. The minimum Gasteiger partial charge on any atom is -0.484 e. The zero-order valence-electron chi connectivity index (χ0n) is 14.9. The van der Waals surface area contributed by atoms with E-state index in [1.807, 2.05) is 13.8 Å². The van der Waals surface area contributed by atoms with Crippen molar-refractivity contribution in [2.45, 2.75) is 26.6 Å². The van der Waals surface area contributed by atoms with Crippen LogP contribution >= 0.6 is 11.6 Å². The molecule has 2 aromatic rings. The maximum atomic E-state index is 9.69. The summed E-state index contributed by atoms with van der Waals surface area (Å²) >= 11 is 6.20. The van der Waals surface area contributed by atoms with Gasteiger partial charge in [0.25, 0.3) is 0 Å². The van der Waals surface area contributed by atoms with Crippen LogP contribution < -0.4 is 14.9 Å². The molecule has 27 heavy (non-hydrogen) atoms. The number of rotatable bonds is 7. The summed E-state index contributed by atoms with van der Waals surface area (Å²) in [5, 5.41) is 9.88. The highest BCUT2D eigenvalue weighted by atomic mass is 35.5. The van der Waals surface area contributed by atoms with Gasteiger partial charge in [-0.1, -0.05) is 17.7 Å². The molecule has 0 amide bonds. The Morgan fingerprint density at radius 2 is 2.15 bits per heavy atom. The van der Waals surface area contributed by atoms with E-state index in [9.17, 15) is 5.02 Å². The van der Waals surface area contributed by atoms with Gasteiger partial charge in [-0.05, 0) is 43.1 Å². The van der Waals surface area contributed by atoms with Gasteiger partial charge in [0.1, 0.15) is 12.4 Å². The third-order valence-corrected chi connectivity index (χ3v) is 4.05. The van der Waals surface area contributed by atoms with Gasteiger partial charge < -0.3 is 23.9 Å². The van der Waals surface area contributed by atoms with Gasteiger partial charge in [0.05, 0.1) is 30.9 Å². The van der Waals surface area contributed by atoms with Crippen molar-refractivity contribution in [3.05, 3.63) is 46.3 Å². The summed E-state index contributed by atoms with van der Waals surface area (Å²) in [7, 11) is -0.915. The molecule has 140 valence electrons. The molecule has 0 atom stereocenters. The van der Waals surface area contributed by atoms with Crippen LogP contribution in [0.2, 0.25) is 5.02 Å². The van der Waals surface area contributed by atoms with Crippen LogP contribution in [0.15, 0.2) is 24.3 Å². The van der Waals surface area contributed by atoms with Crippen LogP contribution in [-0.2, 0) is 16.0 Å². The topological polar surface area (TPSA) is 74.4 Å². The smallest absolute Gasteiger partial charge is 0.484 e. The molecule has 7 nitrogen and oxygen atoms in total. The van der Waals surface area contributed by atoms with E-state index >= 15 is 0 Å². The minimum absolute atomic E-state index is 0.0910. The summed E-state index contributed by atoms with van der Waals surface area (Å²) in [6.45, 7) is 12.0. The average Bonchev–Trinajstić information content (AvgIpc) is 3.01. The lowest BCUT2D eigenvalue weighted by molar-refractivity contribution is 0.0543. The van der Waals surface area contributed by atoms with Crippen molar-refractivity contribution >= 4 is 29.9 Å². The molecule has 1 aromatic heterocycles. The molecule has 1 N–H and O–H groups in total. The highest BCUT2D eigenvalue weighted by molar-refractivity contribution is 6.61. The lowest BCUT2D eigenvalue weighted by Crippen LogP contribution is -2.27. The van der Waals surface area contributed by atoms with Gasteiger partial charge in [-0.3, -0.25) is 0 Å². The van der Waals surface area contributed by atoms with Gasteiger partial charge >= 0.3 is 7.12 Å². The van der Waals surface area contributed by atoms with Crippen molar-refractivity contribution in [1.29, 1.82) is 0 Å². The fourth-order valence-corrected chi connectivity index (χ4v) is 2.69. The number of benzene rings is 1. The van der Waals surface area contributed by atoms with E-state index in [1.54, 1.807) is 18.2 Å². The second-order valence-corrected chi connectivity index (χ2v) is 6.51. The zero-order valence-corrected chi connectivity index (χ0v) is 15.7. The molecule has 0 saturated heterocycles. The van der Waals surface area contributed by atoms with Crippen LogP contribution in [0.5, 0.6) is 17.5 Å². The first-order valence-electron chi connectivity index (χ1n) is 8.40. The van der Waals surface area contributed by atoms with Gasteiger partial charge in [-0.2, -0.15) is 4.98 Å². The predicted octanol–water partition coefficient (Wildman–Crippen LogP) is 3.10. The van der Waals surface area contributed by atoms with E-state index in [2.05, 4.69) is 9.83 Å². The lowest BCUT2D eigenvalue weighted by Gasteiger charge is -2.13. The van der Waals surface area contributed by atoms with E-state index < -0.39 is 7.12 Å². The molecule has 0 saturated carbocycles. The second kappa shape index (κ2) is 8.59. The zero-order chi connectivity index (χ0) is 19.4. The first kappa shape index (κ1) is 19.5. The molecule has 0 fully saturated rings. The number of fused-ring (bicyclic) bond motifs is 1. The van der Waals surface area contributed by atoms with Crippen molar-refractivity contribution in [2.75, 3.05) is 13.2 Å². The Balaban J connectivity index is 1.77. The van der Waals surface area contributed by atoms with Crippen molar-refractivity contribution in [3.8, 4) is 17.5 Å². The van der Waals surface area contributed by atoms with Crippen LogP contribution in [0.3, 0.4) is 0 Å². The summed E-state index contributed by atoms with van der Waals surface area (Å²) in [5.41, 5.74) is 1.73. The second-order valence-electron chi connectivity index (χ2n) is 6.11. The Morgan fingerprint density at radius 3 is 2.89 bits per heavy atom. The molecule has 0 radical (unpaired) electrons. The van der Waals surface area contributed by atoms with Crippen LogP contribution in [0.25, 0.3) is 4.85 Å². The number of nitrogens with zero attached hydrogens (tertiary/aromatic N) is 2. The molecular formula is C18H18BClN2O5. The van der Waals surface area contributed by atoms with Crippen molar-refractivity contribution in [2.24, 2.45) is 0 Å². The van der Waals surface area contributed by atoms with E-state index in [0.717, 1.165) is 5.56 Å². The number of ether oxygens (including phenoxy) is 3.